The quantitative estimate of drug-likeness (QED) is 0.846. The minimum atomic E-state index is -4.19. The molecule has 0 radical (unpaired) electrons. The monoisotopic (exact) mass is 299 g/mol. The third kappa shape index (κ3) is 5.46. The van der Waals surface area contributed by atoms with Crippen LogP contribution in [0.5, 0.6) is 0 Å². The minimum Gasteiger partial charge on any atom is -0.314 e. The van der Waals surface area contributed by atoms with Gasteiger partial charge < -0.3 is 5.32 Å². The smallest absolute Gasteiger partial charge is 0.314 e. The van der Waals surface area contributed by atoms with E-state index in [4.69, 9.17) is 23.2 Å². The molecule has 1 rings (SSSR count). The first-order valence-corrected chi connectivity index (χ1v) is 6.31. The molecule has 6 heteroatoms. The Morgan fingerprint density at radius 3 is 2.44 bits per heavy atom. The summed E-state index contributed by atoms with van der Waals surface area (Å²) in [5.41, 5.74) is 0.663. The van der Waals surface area contributed by atoms with Crippen molar-refractivity contribution < 1.29 is 13.2 Å². The van der Waals surface area contributed by atoms with Gasteiger partial charge in [-0.15, -0.1) is 0 Å². The van der Waals surface area contributed by atoms with Gasteiger partial charge in [0.15, 0.2) is 0 Å². The number of hydrogen-bond acceptors (Lipinski definition) is 1. The summed E-state index contributed by atoms with van der Waals surface area (Å²) in [4.78, 5) is 0. The molecule has 1 atom stereocenters. The Hall–Kier alpha value is -0.450. The lowest BCUT2D eigenvalue weighted by atomic mass is 10.0. The molecule has 0 aromatic heterocycles. The van der Waals surface area contributed by atoms with E-state index in [2.05, 4.69) is 5.32 Å². The van der Waals surface area contributed by atoms with Gasteiger partial charge in [0.25, 0.3) is 0 Å². The Morgan fingerprint density at radius 2 is 1.94 bits per heavy atom. The molecular formula is C12H14Cl2F3N. The van der Waals surface area contributed by atoms with Gasteiger partial charge in [-0.1, -0.05) is 36.2 Å². The molecule has 0 bridgehead atoms. The molecule has 0 aliphatic heterocycles. The van der Waals surface area contributed by atoms with Crippen molar-refractivity contribution in [3.05, 3.63) is 33.8 Å². The first-order chi connectivity index (χ1) is 8.31. The van der Waals surface area contributed by atoms with Gasteiger partial charge in [0.2, 0.25) is 0 Å². The molecule has 0 amide bonds. The van der Waals surface area contributed by atoms with Crippen LogP contribution in [0.2, 0.25) is 10.0 Å². The van der Waals surface area contributed by atoms with E-state index in [1.807, 2.05) is 0 Å². The maximum Gasteiger partial charge on any atom is 0.390 e. The van der Waals surface area contributed by atoms with Gasteiger partial charge in [-0.05, 0) is 30.7 Å². The van der Waals surface area contributed by atoms with Crippen LogP contribution in [-0.2, 0) is 6.42 Å². The molecule has 0 spiro atoms. The molecule has 0 saturated heterocycles. The summed E-state index contributed by atoms with van der Waals surface area (Å²) in [5.74, 6) is 0. The molecule has 1 aromatic rings. The Bertz CT molecular complexity index is 393. The molecule has 0 heterocycles. The highest BCUT2D eigenvalue weighted by molar-refractivity contribution is 6.35. The third-order valence-electron chi connectivity index (χ3n) is 2.45. The summed E-state index contributed by atoms with van der Waals surface area (Å²) >= 11 is 11.7. The summed E-state index contributed by atoms with van der Waals surface area (Å²) in [5, 5.41) is 3.69. The van der Waals surface area contributed by atoms with Gasteiger partial charge in [0.1, 0.15) is 0 Å². The van der Waals surface area contributed by atoms with E-state index in [0.29, 0.717) is 22.2 Å². The standard InChI is InChI=1S/C12H14Cl2F3N/c1-2-18-10(7-12(15,16)17)5-8-3-4-9(13)6-11(8)14/h3-4,6,10,18H,2,5,7H2,1H3. The van der Waals surface area contributed by atoms with E-state index < -0.39 is 18.6 Å². The SMILES string of the molecule is CCNC(Cc1ccc(Cl)cc1Cl)CC(F)(F)F. The predicted octanol–water partition coefficient (Wildman–Crippen LogP) is 4.47. The third-order valence-corrected chi connectivity index (χ3v) is 3.04. The number of nitrogens with one attached hydrogen (secondary N) is 1. The van der Waals surface area contributed by atoms with Gasteiger partial charge in [-0.25, -0.2) is 0 Å². The summed E-state index contributed by atoms with van der Waals surface area (Å²) in [6.45, 7) is 2.25. The van der Waals surface area contributed by atoms with E-state index >= 15 is 0 Å². The summed E-state index contributed by atoms with van der Waals surface area (Å²) in [7, 11) is 0. The molecule has 0 aliphatic carbocycles. The fourth-order valence-corrected chi connectivity index (χ4v) is 2.22. The number of hydrogen-bond donors (Lipinski definition) is 1. The summed E-state index contributed by atoms with van der Waals surface area (Å²) < 4.78 is 37.2. The predicted molar refractivity (Wildman–Crippen MR) is 68.3 cm³/mol. The largest absolute Gasteiger partial charge is 0.390 e. The first kappa shape index (κ1) is 15.6. The molecule has 1 aromatic carbocycles. The Morgan fingerprint density at radius 1 is 1.28 bits per heavy atom. The molecule has 102 valence electrons. The number of likely N-dealkylation sites (N-methyl/N-ethyl adjacent to an activating group) is 1. The molecule has 0 saturated carbocycles. The fraction of sp³-hybridized carbons (Fsp3) is 0.500. The van der Waals surface area contributed by atoms with Crippen molar-refractivity contribution in [2.45, 2.75) is 32.0 Å². The van der Waals surface area contributed by atoms with Crippen LogP contribution in [-0.4, -0.2) is 18.8 Å². The normalized spacial score (nSPS) is 13.7. The van der Waals surface area contributed by atoms with Gasteiger partial charge in [-0.3, -0.25) is 0 Å². The van der Waals surface area contributed by atoms with Gasteiger partial charge in [0.05, 0.1) is 6.42 Å². The van der Waals surface area contributed by atoms with Crippen LogP contribution in [0.25, 0.3) is 0 Å². The van der Waals surface area contributed by atoms with Crippen molar-refractivity contribution in [3.63, 3.8) is 0 Å². The van der Waals surface area contributed by atoms with Crippen LogP contribution in [0.15, 0.2) is 18.2 Å². The molecular weight excluding hydrogens is 286 g/mol. The maximum atomic E-state index is 12.4. The van der Waals surface area contributed by atoms with Crippen LogP contribution in [0, 0.1) is 0 Å². The first-order valence-electron chi connectivity index (χ1n) is 5.56. The average Bonchev–Trinajstić information content (AvgIpc) is 2.20. The van der Waals surface area contributed by atoms with Crippen LogP contribution < -0.4 is 5.32 Å². The Kier molecular flexibility index (Phi) is 5.76. The zero-order valence-electron chi connectivity index (χ0n) is 9.82. The van der Waals surface area contributed by atoms with Crippen LogP contribution in [0.3, 0.4) is 0 Å². The Labute approximate surface area is 114 Å². The van der Waals surface area contributed by atoms with E-state index in [-0.39, 0.29) is 6.42 Å². The van der Waals surface area contributed by atoms with Crippen LogP contribution in [0.4, 0.5) is 13.2 Å². The molecule has 18 heavy (non-hydrogen) atoms. The maximum absolute atomic E-state index is 12.4. The highest BCUT2D eigenvalue weighted by atomic mass is 35.5. The second kappa shape index (κ2) is 6.64. The van der Waals surface area contributed by atoms with Crippen molar-refractivity contribution in [2.24, 2.45) is 0 Å². The minimum absolute atomic E-state index is 0.226. The van der Waals surface area contributed by atoms with E-state index in [1.165, 1.54) is 6.07 Å². The van der Waals surface area contributed by atoms with Crippen molar-refractivity contribution in [1.82, 2.24) is 5.32 Å². The number of halogens is 5. The zero-order valence-corrected chi connectivity index (χ0v) is 11.3. The second-order valence-electron chi connectivity index (χ2n) is 4.01. The van der Waals surface area contributed by atoms with E-state index in [1.54, 1.807) is 19.1 Å². The van der Waals surface area contributed by atoms with Crippen molar-refractivity contribution in [1.29, 1.82) is 0 Å². The number of benzene rings is 1. The highest BCUT2D eigenvalue weighted by Crippen LogP contribution is 2.26. The molecule has 1 nitrogen and oxygen atoms in total. The summed E-state index contributed by atoms with van der Waals surface area (Å²) in [6, 6.07) is 4.15. The Balaban J connectivity index is 2.76. The molecule has 0 aliphatic rings. The van der Waals surface area contributed by atoms with Crippen molar-refractivity contribution in [2.75, 3.05) is 6.54 Å². The van der Waals surface area contributed by atoms with Crippen LogP contribution >= 0.6 is 23.2 Å². The lowest BCUT2D eigenvalue weighted by molar-refractivity contribution is -0.139. The van der Waals surface area contributed by atoms with Crippen molar-refractivity contribution >= 4 is 23.2 Å². The highest BCUT2D eigenvalue weighted by Gasteiger charge is 2.31. The van der Waals surface area contributed by atoms with E-state index in [0.717, 1.165) is 0 Å². The zero-order chi connectivity index (χ0) is 13.8. The lowest BCUT2D eigenvalue weighted by Gasteiger charge is -2.20. The summed E-state index contributed by atoms with van der Waals surface area (Å²) in [6.07, 6.45) is -4.84. The number of alkyl halides is 3. The van der Waals surface area contributed by atoms with Gasteiger partial charge in [-0.2, -0.15) is 13.2 Å². The van der Waals surface area contributed by atoms with Gasteiger partial charge >= 0.3 is 6.18 Å². The molecule has 1 N–H and O–H groups in total. The van der Waals surface area contributed by atoms with Crippen LogP contribution in [0.1, 0.15) is 18.9 Å². The molecule has 1 unspecified atom stereocenters. The molecule has 0 fully saturated rings. The topological polar surface area (TPSA) is 12.0 Å². The second-order valence-corrected chi connectivity index (χ2v) is 4.86. The van der Waals surface area contributed by atoms with E-state index in [9.17, 15) is 13.2 Å². The fourth-order valence-electron chi connectivity index (χ4n) is 1.74. The van der Waals surface area contributed by atoms with Crippen molar-refractivity contribution in [3.8, 4) is 0 Å². The number of rotatable bonds is 5. The average molecular weight is 300 g/mol. The van der Waals surface area contributed by atoms with Gasteiger partial charge in [0, 0.05) is 16.1 Å². The lowest BCUT2D eigenvalue weighted by Crippen LogP contribution is -2.35.